The molecule has 2 aromatic carbocycles. The number of nitrogens with zero attached hydrogens (tertiary/aromatic N) is 4. The van der Waals surface area contributed by atoms with Crippen molar-refractivity contribution in [2.45, 2.75) is 13.3 Å². The van der Waals surface area contributed by atoms with Crippen LogP contribution >= 0.6 is 0 Å². The van der Waals surface area contributed by atoms with Gasteiger partial charge in [0.15, 0.2) is 5.82 Å². The van der Waals surface area contributed by atoms with E-state index in [9.17, 15) is 4.79 Å². The molecule has 1 aliphatic heterocycles. The minimum atomic E-state index is -0.0235. The molecule has 3 aromatic rings. The highest BCUT2D eigenvalue weighted by Gasteiger charge is 2.15. The molecule has 0 bridgehead atoms. The van der Waals surface area contributed by atoms with Crippen LogP contribution in [0, 0.1) is 6.92 Å². The topological polar surface area (TPSA) is 61.4 Å². The normalized spacial score (nSPS) is 14.5. The van der Waals surface area contributed by atoms with Gasteiger partial charge in [0.2, 0.25) is 5.91 Å². The number of carbonyl (C=O) groups is 1. The number of benzene rings is 2. The molecular formula is C24H27N5O. The van der Waals surface area contributed by atoms with Crippen LogP contribution in [0.4, 0.5) is 11.5 Å². The number of rotatable bonds is 5. The summed E-state index contributed by atoms with van der Waals surface area (Å²) in [5.74, 6) is 0.900. The first-order valence-electron chi connectivity index (χ1n) is 10.3. The molecule has 0 saturated carbocycles. The van der Waals surface area contributed by atoms with Crippen molar-refractivity contribution in [2.75, 3.05) is 43.4 Å². The molecule has 1 fully saturated rings. The summed E-state index contributed by atoms with van der Waals surface area (Å²) in [7, 11) is 2.14. The molecule has 154 valence electrons. The summed E-state index contributed by atoms with van der Waals surface area (Å²) in [4.78, 5) is 16.9. The number of hydrogen-bond acceptors (Lipinski definition) is 5. The fourth-order valence-electron chi connectivity index (χ4n) is 3.62. The molecular weight excluding hydrogens is 374 g/mol. The molecule has 0 atom stereocenters. The molecule has 0 unspecified atom stereocenters. The third-order valence-corrected chi connectivity index (χ3v) is 5.39. The minimum Gasteiger partial charge on any atom is -0.353 e. The van der Waals surface area contributed by atoms with Crippen LogP contribution in [0.25, 0.3) is 11.3 Å². The van der Waals surface area contributed by atoms with Gasteiger partial charge in [0.25, 0.3) is 0 Å². The number of anilines is 2. The van der Waals surface area contributed by atoms with E-state index in [1.807, 2.05) is 67.6 Å². The van der Waals surface area contributed by atoms with Gasteiger partial charge in [-0.05, 0) is 43.8 Å². The molecule has 1 amide bonds. The molecule has 0 aliphatic carbocycles. The van der Waals surface area contributed by atoms with Crippen LogP contribution in [0.3, 0.4) is 0 Å². The SMILES string of the molecule is Cc1cccc(CC(=O)Nc2ccc(-c3ccc(N4CCN(C)CC4)nn3)cc2)c1. The van der Waals surface area contributed by atoms with Crippen LogP contribution in [-0.4, -0.2) is 54.2 Å². The molecule has 30 heavy (non-hydrogen) atoms. The Bertz CT molecular complexity index is 993. The summed E-state index contributed by atoms with van der Waals surface area (Å²) < 4.78 is 0. The van der Waals surface area contributed by atoms with Gasteiger partial charge in [-0.15, -0.1) is 10.2 Å². The van der Waals surface area contributed by atoms with Crippen molar-refractivity contribution in [3.05, 3.63) is 71.8 Å². The number of carbonyl (C=O) groups excluding carboxylic acids is 1. The van der Waals surface area contributed by atoms with Gasteiger partial charge in [-0.25, -0.2) is 0 Å². The summed E-state index contributed by atoms with van der Waals surface area (Å²) in [5.41, 5.74) is 4.75. The van der Waals surface area contributed by atoms with Crippen molar-refractivity contribution in [2.24, 2.45) is 0 Å². The Kier molecular flexibility index (Phi) is 6.05. The summed E-state index contributed by atoms with van der Waals surface area (Å²) in [6.07, 6.45) is 0.364. The molecule has 1 aromatic heterocycles. The number of aryl methyl sites for hydroxylation is 1. The Hall–Kier alpha value is -3.25. The molecule has 1 aliphatic rings. The number of hydrogen-bond donors (Lipinski definition) is 1. The van der Waals surface area contributed by atoms with Crippen molar-refractivity contribution < 1.29 is 4.79 Å². The van der Waals surface area contributed by atoms with Gasteiger partial charge in [-0.1, -0.05) is 42.0 Å². The van der Waals surface area contributed by atoms with E-state index in [4.69, 9.17) is 0 Å². The van der Waals surface area contributed by atoms with Crippen molar-refractivity contribution in [1.29, 1.82) is 0 Å². The zero-order valence-electron chi connectivity index (χ0n) is 17.5. The Morgan fingerprint density at radius 2 is 1.73 bits per heavy atom. The molecule has 1 N–H and O–H groups in total. The predicted octanol–water partition coefficient (Wildman–Crippen LogP) is 3.39. The molecule has 0 spiro atoms. The van der Waals surface area contributed by atoms with Gasteiger partial charge in [0.1, 0.15) is 0 Å². The lowest BCUT2D eigenvalue weighted by molar-refractivity contribution is -0.115. The monoisotopic (exact) mass is 401 g/mol. The molecule has 0 radical (unpaired) electrons. The van der Waals surface area contributed by atoms with E-state index >= 15 is 0 Å². The minimum absolute atomic E-state index is 0.0235. The second-order valence-corrected chi connectivity index (χ2v) is 7.86. The second kappa shape index (κ2) is 9.05. The van der Waals surface area contributed by atoms with Gasteiger partial charge in [0, 0.05) is 37.4 Å². The maximum Gasteiger partial charge on any atom is 0.228 e. The van der Waals surface area contributed by atoms with Crippen LogP contribution in [0.1, 0.15) is 11.1 Å². The third kappa shape index (κ3) is 5.02. The standard InChI is InChI=1S/C24H27N5O/c1-18-4-3-5-19(16-18)17-24(30)25-21-8-6-20(7-9-21)22-10-11-23(27-26-22)29-14-12-28(2)13-15-29/h3-11,16H,12-15,17H2,1-2H3,(H,25,30). The summed E-state index contributed by atoms with van der Waals surface area (Å²) in [6.45, 7) is 6.06. The van der Waals surface area contributed by atoms with Gasteiger partial charge >= 0.3 is 0 Å². The first-order chi connectivity index (χ1) is 14.6. The lowest BCUT2D eigenvalue weighted by Gasteiger charge is -2.32. The van der Waals surface area contributed by atoms with E-state index in [1.165, 1.54) is 0 Å². The summed E-state index contributed by atoms with van der Waals surface area (Å²) in [5, 5.41) is 11.8. The van der Waals surface area contributed by atoms with E-state index in [1.54, 1.807) is 0 Å². The van der Waals surface area contributed by atoms with Crippen LogP contribution in [0.15, 0.2) is 60.7 Å². The number of piperazine rings is 1. The number of amides is 1. The van der Waals surface area contributed by atoms with Crippen molar-refractivity contribution in [3.63, 3.8) is 0 Å². The summed E-state index contributed by atoms with van der Waals surface area (Å²) >= 11 is 0. The van der Waals surface area contributed by atoms with E-state index in [-0.39, 0.29) is 5.91 Å². The van der Waals surface area contributed by atoms with Gasteiger partial charge in [-0.2, -0.15) is 0 Å². The van der Waals surface area contributed by atoms with E-state index in [2.05, 4.69) is 32.4 Å². The fourth-order valence-corrected chi connectivity index (χ4v) is 3.62. The average molecular weight is 402 g/mol. The highest BCUT2D eigenvalue weighted by molar-refractivity contribution is 5.92. The fraction of sp³-hybridized carbons (Fsp3) is 0.292. The number of nitrogens with one attached hydrogen (secondary N) is 1. The first kappa shape index (κ1) is 20.0. The number of aromatic nitrogens is 2. The largest absolute Gasteiger partial charge is 0.353 e. The smallest absolute Gasteiger partial charge is 0.228 e. The molecule has 6 nitrogen and oxygen atoms in total. The number of likely N-dealkylation sites (N-methyl/N-ethyl adjacent to an activating group) is 1. The third-order valence-electron chi connectivity index (χ3n) is 5.39. The molecule has 4 rings (SSSR count). The molecule has 1 saturated heterocycles. The van der Waals surface area contributed by atoms with Crippen molar-refractivity contribution in [1.82, 2.24) is 15.1 Å². The Morgan fingerprint density at radius 3 is 2.40 bits per heavy atom. The van der Waals surface area contributed by atoms with E-state index < -0.39 is 0 Å². The van der Waals surface area contributed by atoms with Crippen LogP contribution in [0.2, 0.25) is 0 Å². The second-order valence-electron chi connectivity index (χ2n) is 7.86. The predicted molar refractivity (Wildman–Crippen MR) is 121 cm³/mol. The Balaban J connectivity index is 1.36. The maximum atomic E-state index is 12.3. The first-order valence-corrected chi connectivity index (χ1v) is 10.3. The lowest BCUT2D eigenvalue weighted by Crippen LogP contribution is -2.44. The highest BCUT2D eigenvalue weighted by atomic mass is 16.1. The highest BCUT2D eigenvalue weighted by Crippen LogP contribution is 2.21. The average Bonchev–Trinajstić information content (AvgIpc) is 2.75. The van der Waals surface area contributed by atoms with Gasteiger partial charge in [0.05, 0.1) is 12.1 Å². The van der Waals surface area contributed by atoms with Crippen LogP contribution < -0.4 is 10.2 Å². The Morgan fingerprint density at radius 1 is 0.967 bits per heavy atom. The maximum absolute atomic E-state index is 12.3. The zero-order valence-corrected chi connectivity index (χ0v) is 17.5. The van der Waals surface area contributed by atoms with E-state index in [0.717, 1.165) is 60.1 Å². The van der Waals surface area contributed by atoms with Crippen LogP contribution in [0.5, 0.6) is 0 Å². The van der Waals surface area contributed by atoms with Gasteiger partial charge < -0.3 is 15.1 Å². The summed E-state index contributed by atoms with van der Waals surface area (Å²) in [6, 6.07) is 19.8. The van der Waals surface area contributed by atoms with E-state index in [0.29, 0.717) is 6.42 Å². The molecule has 2 heterocycles. The lowest BCUT2D eigenvalue weighted by atomic mass is 10.1. The Labute approximate surface area is 177 Å². The van der Waals surface area contributed by atoms with Crippen LogP contribution in [-0.2, 0) is 11.2 Å². The van der Waals surface area contributed by atoms with Crippen molar-refractivity contribution in [3.8, 4) is 11.3 Å². The zero-order chi connectivity index (χ0) is 20.9. The van der Waals surface area contributed by atoms with Gasteiger partial charge in [-0.3, -0.25) is 4.79 Å². The van der Waals surface area contributed by atoms with Crippen molar-refractivity contribution >= 4 is 17.4 Å². The quantitative estimate of drug-likeness (QED) is 0.710. The molecule has 6 heteroatoms.